The van der Waals surface area contributed by atoms with Gasteiger partial charge in [-0.25, -0.2) is 4.98 Å². The van der Waals surface area contributed by atoms with Gasteiger partial charge in [0, 0.05) is 18.8 Å². The summed E-state index contributed by atoms with van der Waals surface area (Å²) in [7, 11) is 0. The Labute approximate surface area is 216 Å². The van der Waals surface area contributed by atoms with Crippen LogP contribution < -0.4 is 15.4 Å². The fraction of sp³-hybridized carbons (Fsp3) is 0.357. The number of aryl methyl sites for hydroxylation is 1. The van der Waals surface area contributed by atoms with Crippen LogP contribution >= 0.6 is 0 Å². The van der Waals surface area contributed by atoms with E-state index in [0.29, 0.717) is 37.6 Å². The zero-order valence-electron chi connectivity index (χ0n) is 21.7. The third-order valence-electron chi connectivity index (χ3n) is 6.51. The van der Waals surface area contributed by atoms with Crippen LogP contribution in [0.15, 0.2) is 54.9 Å². The van der Waals surface area contributed by atoms with Crippen molar-refractivity contribution in [3.05, 3.63) is 77.4 Å². The first kappa shape index (κ1) is 25.9. The lowest BCUT2D eigenvalue weighted by Gasteiger charge is -2.43. The molecule has 1 aliphatic rings. The number of rotatable bonds is 9. The van der Waals surface area contributed by atoms with Crippen molar-refractivity contribution in [3.8, 4) is 5.75 Å². The van der Waals surface area contributed by atoms with Crippen LogP contribution in [-0.4, -0.2) is 50.9 Å². The van der Waals surface area contributed by atoms with Gasteiger partial charge >= 0.3 is 0 Å². The predicted molar refractivity (Wildman–Crippen MR) is 141 cm³/mol. The van der Waals surface area contributed by atoms with Crippen molar-refractivity contribution in [2.45, 2.75) is 52.7 Å². The van der Waals surface area contributed by atoms with Crippen LogP contribution in [0.4, 0.5) is 5.69 Å². The quantitative estimate of drug-likeness (QED) is 0.462. The normalized spacial score (nSPS) is 16.8. The van der Waals surface area contributed by atoms with E-state index in [2.05, 4.69) is 15.6 Å². The van der Waals surface area contributed by atoms with Crippen molar-refractivity contribution in [2.75, 3.05) is 18.5 Å². The number of amides is 3. The highest BCUT2D eigenvalue weighted by Gasteiger charge is 2.48. The molecule has 0 fully saturated rings. The minimum atomic E-state index is -1.13. The first-order valence-corrected chi connectivity index (χ1v) is 12.5. The Balaban J connectivity index is 1.55. The highest BCUT2D eigenvalue weighted by atomic mass is 16.5. The third-order valence-corrected chi connectivity index (χ3v) is 6.51. The fourth-order valence-electron chi connectivity index (χ4n) is 4.50. The number of fused-ring (bicyclic) bond motifs is 1. The minimum Gasteiger partial charge on any atom is -0.494 e. The molecule has 4 rings (SSSR count). The summed E-state index contributed by atoms with van der Waals surface area (Å²) in [6, 6.07) is 14.9. The number of ether oxygens (including phenoxy) is 1. The molecule has 9 nitrogen and oxygen atoms in total. The maximum atomic E-state index is 13.7. The van der Waals surface area contributed by atoms with E-state index in [0.717, 1.165) is 11.1 Å². The van der Waals surface area contributed by atoms with E-state index in [4.69, 9.17) is 4.74 Å². The summed E-state index contributed by atoms with van der Waals surface area (Å²) in [5, 5.41) is 5.78. The van der Waals surface area contributed by atoms with Gasteiger partial charge < -0.3 is 24.8 Å². The predicted octanol–water partition coefficient (Wildman–Crippen LogP) is 3.78. The lowest BCUT2D eigenvalue weighted by molar-refractivity contribution is -0.133. The van der Waals surface area contributed by atoms with Gasteiger partial charge in [-0.3, -0.25) is 14.4 Å². The van der Waals surface area contributed by atoms with Gasteiger partial charge in [-0.15, -0.1) is 0 Å². The van der Waals surface area contributed by atoms with Crippen LogP contribution in [0.25, 0.3) is 0 Å². The van der Waals surface area contributed by atoms with Crippen LogP contribution in [0, 0.1) is 6.92 Å². The van der Waals surface area contributed by atoms with Gasteiger partial charge in [0.25, 0.3) is 11.8 Å². The number of hydrogen-bond donors (Lipinski definition) is 2. The average molecular weight is 504 g/mol. The first-order chi connectivity index (χ1) is 17.8. The van der Waals surface area contributed by atoms with Crippen molar-refractivity contribution < 1.29 is 19.1 Å². The number of hydrogen-bond acceptors (Lipinski definition) is 5. The van der Waals surface area contributed by atoms with E-state index >= 15 is 0 Å². The first-order valence-electron chi connectivity index (χ1n) is 12.5. The number of imidazole rings is 1. The molecule has 0 saturated heterocycles. The van der Waals surface area contributed by atoms with Crippen LogP contribution in [0.3, 0.4) is 0 Å². The summed E-state index contributed by atoms with van der Waals surface area (Å²) in [6.45, 7) is 9.08. The van der Waals surface area contributed by atoms with E-state index in [1.165, 1.54) is 6.33 Å². The average Bonchev–Trinajstić information content (AvgIpc) is 3.31. The van der Waals surface area contributed by atoms with Gasteiger partial charge in [0.1, 0.15) is 17.0 Å². The Morgan fingerprint density at radius 3 is 2.43 bits per heavy atom. The van der Waals surface area contributed by atoms with Crippen LogP contribution in [0.2, 0.25) is 0 Å². The number of nitrogens with one attached hydrogen (secondary N) is 2. The van der Waals surface area contributed by atoms with E-state index in [-0.39, 0.29) is 23.8 Å². The molecule has 2 N–H and O–H groups in total. The van der Waals surface area contributed by atoms with Gasteiger partial charge in [0.15, 0.2) is 5.69 Å². The standard InChI is InChI=1S/C28H33N5O4/c1-5-15-33-26(35)24-23(25(34)31-21-11-13-22(14-12-21)37-6-2)30-18-32(24)17-28(33,4)27(36)29-16-20-9-7-19(3)8-10-20/h7-14,18H,5-6,15-17H2,1-4H3,(H,29,36)(H,31,34). The number of aromatic nitrogens is 2. The Hall–Kier alpha value is -4.14. The van der Waals surface area contributed by atoms with E-state index in [9.17, 15) is 14.4 Å². The monoisotopic (exact) mass is 503 g/mol. The van der Waals surface area contributed by atoms with E-state index in [1.54, 1.807) is 40.7 Å². The number of carbonyl (C=O) groups is 3. The molecule has 0 bridgehead atoms. The topological polar surface area (TPSA) is 106 Å². The highest BCUT2D eigenvalue weighted by molar-refractivity contribution is 6.11. The summed E-state index contributed by atoms with van der Waals surface area (Å²) in [6.07, 6.45) is 2.11. The molecule has 2 aromatic carbocycles. The van der Waals surface area contributed by atoms with Crippen molar-refractivity contribution in [1.82, 2.24) is 19.8 Å². The van der Waals surface area contributed by atoms with Crippen molar-refractivity contribution >= 4 is 23.4 Å². The van der Waals surface area contributed by atoms with Gasteiger partial charge in [-0.2, -0.15) is 0 Å². The van der Waals surface area contributed by atoms with Crippen molar-refractivity contribution in [3.63, 3.8) is 0 Å². The largest absolute Gasteiger partial charge is 0.494 e. The van der Waals surface area contributed by atoms with E-state index < -0.39 is 17.4 Å². The zero-order valence-corrected chi connectivity index (χ0v) is 21.7. The minimum absolute atomic E-state index is 0.0297. The molecule has 0 aliphatic carbocycles. The number of carbonyl (C=O) groups excluding carboxylic acids is 3. The Bertz CT molecular complexity index is 1280. The second-order valence-corrected chi connectivity index (χ2v) is 9.38. The molecule has 1 unspecified atom stereocenters. The zero-order chi connectivity index (χ0) is 26.6. The van der Waals surface area contributed by atoms with Gasteiger partial charge in [0.05, 0.1) is 19.5 Å². The summed E-state index contributed by atoms with van der Waals surface area (Å²) >= 11 is 0. The number of nitrogens with zero attached hydrogens (tertiary/aromatic N) is 3. The molecule has 1 aromatic heterocycles. The smallest absolute Gasteiger partial charge is 0.276 e. The molecule has 0 radical (unpaired) electrons. The summed E-state index contributed by atoms with van der Waals surface area (Å²) < 4.78 is 7.04. The fourth-order valence-corrected chi connectivity index (χ4v) is 4.50. The third kappa shape index (κ3) is 5.35. The molecule has 0 saturated carbocycles. The van der Waals surface area contributed by atoms with Gasteiger partial charge in [-0.1, -0.05) is 36.8 Å². The van der Waals surface area contributed by atoms with Crippen LogP contribution in [-0.2, 0) is 17.9 Å². The molecule has 2 heterocycles. The highest BCUT2D eigenvalue weighted by Crippen LogP contribution is 2.29. The molecule has 0 spiro atoms. The second kappa shape index (κ2) is 10.9. The van der Waals surface area contributed by atoms with Gasteiger partial charge in [-0.05, 0) is 57.0 Å². The van der Waals surface area contributed by atoms with Crippen LogP contribution in [0.5, 0.6) is 5.75 Å². The summed E-state index contributed by atoms with van der Waals surface area (Å²) in [4.78, 5) is 46.0. The maximum Gasteiger partial charge on any atom is 0.276 e. The summed E-state index contributed by atoms with van der Waals surface area (Å²) in [5.41, 5.74) is 1.76. The molecule has 194 valence electrons. The number of benzene rings is 2. The van der Waals surface area contributed by atoms with Crippen molar-refractivity contribution in [2.24, 2.45) is 0 Å². The SMILES string of the molecule is CCCN1C(=O)c2c(C(=O)Nc3ccc(OCC)cc3)ncn2CC1(C)C(=O)NCc1ccc(C)cc1. The molecule has 3 aromatic rings. The molecular weight excluding hydrogens is 470 g/mol. The second-order valence-electron chi connectivity index (χ2n) is 9.38. The lowest BCUT2D eigenvalue weighted by atomic mass is 9.93. The molecule has 3 amide bonds. The Morgan fingerprint density at radius 2 is 1.78 bits per heavy atom. The number of anilines is 1. The Kier molecular flexibility index (Phi) is 7.61. The lowest BCUT2D eigenvalue weighted by Crippen LogP contribution is -2.64. The Morgan fingerprint density at radius 1 is 1.08 bits per heavy atom. The molecule has 1 atom stereocenters. The molecule has 37 heavy (non-hydrogen) atoms. The molecule has 9 heteroatoms. The van der Waals surface area contributed by atoms with E-state index in [1.807, 2.05) is 45.0 Å². The van der Waals surface area contributed by atoms with Crippen LogP contribution in [0.1, 0.15) is 59.3 Å². The maximum absolute atomic E-state index is 13.7. The molecule has 1 aliphatic heterocycles. The van der Waals surface area contributed by atoms with Crippen molar-refractivity contribution in [1.29, 1.82) is 0 Å². The summed E-state index contributed by atoms with van der Waals surface area (Å²) in [5.74, 6) is -0.439. The van der Waals surface area contributed by atoms with Gasteiger partial charge in [0.2, 0.25) is 5.91 Å². The molecular formula is C28H33N5O4.